The van der Waals surface area contributed by atoms with Crippen molar-refractivity contribution in [3.05, 3.63) is 176 Å². The van der Waals surface area contributed by atoms with Gasteiger partial charge in [0.1, 0.15) is 34.5 Å². The lowest BCUT2D eigenvalue weighted by atomic mass is 9.93. The van der Waals surface area contributed by atoms with Crippen molar-refractivity contribution in [3.63, 3.8) is 0 Å². The zero-order valence-corrected chi connectivity index (χ0v) is 57.2. The second-order valence-electron chi connectivity index (χ2n) is 27.7. The number of amides is 6. The van der Waals surface area contributed by atoms with Crippen LogP contribution in [0.3, 0.4) is 0 Å². The second-order valence-corrected chi connectivity index (χ2v) is 27.7. The van der Waals surface area contributed by atoms with E-state index >= 15 is 0 Å². The third kappa shape index (κ3) is 21.0. The first-order chi connectivity index (χ1) is 45.9. The summed E-state index contributed by atoms with van der Waals surface area (Å²) in [5.74, 6) is -4.78. The maximum Gasteiger partial charge on any atom is 0.410 e. The summed E-state index contributed by atoms with van der Waals surface area (Å²) in [6, 6.07) is 21.6. The van der Waals surface area contributed by atoms with Crippen molar-refractivity contribution in [2.24, 2.45) is 0 Å². The lowest BCUT2D eigenvalue weighted by Gasteiger charge is -2.45. The average Bonchev–Trinajstić information content (AvgIpc) is 1.70. The maximum atomic E-state index is 14.4. The number of carbonyl (C=O) groups is 6. The highest BCUT2D eigenvalue weighted by atomic mass is 19.1. The fourth-order valence-electron chi connectivity index (χ4n) is 13.1. The van der Waals surface area contributed by atoms with Crippen molar-refractivity contribution in [2.75, 3.05) is 79.8 Å². The molecule has 97 heavy (non-hydrogen) atoms. The molecule has 5 aromatic rings. The third-order valence-corrected chi connectivity index (χ3v) is 17.5. The molecule has 20 nitrogen and oxygen atoms in total. The molecule has 0 aromatic heterocycles. The van der Waals surface area contributed by atoms with Crippen LogP contribution in [0.25, 0.3) is 0 Å². The number of nitrogens with zero attached hydrogens (tertiary/aromatic N) is 5. The largest absolute Gasteiger partial charge is 0.444 e. The molecule has 4 aliphatic rings. The number of carbonyl (C=O) groups excluding carboxylic acids is 6. The molecular weight excluding hydrogens is 1260 g/mol. The summed E-state index contributed by atoms with van der Waals surface area (Å²) >= 11 is 0. The Labute approximate surface area is 565 Å². The number of hydrogen-bond donors (Lipinski definition) is 5. The second kappa shape index (κ2) is 33.5. The summed E-state index contributed by atoms with van der Waals surface area (Å²) in [5.41, 5.74) is 2.33. The van der Waals surface area contributed by atoms with Gasteiger partial charge in [-0.2, -0.15) is 0 Å². The Bertz CT molecular complexity index is 3520. The summed E-state index contributed by atoms with van der Waals surface area (Å²) < 4.78 is 79.0. The van der Waals surface area contributed by atoms with E-state index in [9.17, 15) is 56.5 Å². The molecule has 4 fully saturated rings. The monoisotopic (exact) mass is 1350 g/mol. The number of aryl methyl sites for hydroxylation is 2. The van der Waals surface area contributed by atoms with Gasteiger partial charge in [0.2, 0.25) is 0 Å². The van der Waals surface area contributed by atoms with Crippen LogP contribution in [0.4, 0.5) is 27.2 Å². The van der Waals surface area contributed by atoms with E-state index in [0.29, 0.717) is 68.2 Å². The Morgan fingerprint density at radius 2 is 0.959 bits per heavy atom. The van der Waals surface area contributed by atoms with Crippen LogP contribution in [-0.4, -0.2) is 210 Å². The van der Waals surface area contributed by atoms with Crippen LogP contribution in [0, 0.1) is 37.1 Å². The predicted molar refractivity (Wildman–Crippen MR) is 357 cm³/mol. The highest BCUT2D eigenvalue weighted by Crippen LogP contribution is 2.28. The Morgan fingerprint density at radius 3 is 1.39 bits per heavy atom. The molecule has 0 saturated carbocycles. The van der Waals surface area contributed by atoms with E-state index in [1.54, 1.807) is 104 Å². The molecule has 4 saturated heterocycles. The number of methoxy groups -OCH3 is 2. The van der Waals surface area contributed by atoms with Gasteiger partial charge >= 0.3 is 12.2 Å². The van der Waals surface area contributed by atoms with E-state index in [4.69, 9.17) is 18.9 Å². The van der Waals surface area contributed by atoms with Crippen molar-refractivity contribution in [1.29, 1.82) is 0 Å². The minimum Gasteiger partial charge on any atom is -0.444 e. The van der Waals surface area contributed by atoms with Gasteiger partial charge in [-0.1, -0.05) is 30.3 Å². The molecule has 0 bridgehead atoms. The summed E-state index contributed by atoms with van der Waals surface area (Å²) in [6.45, 7) is 18.5. The number of nitrogens with one attached hydrogen (secondary N) is 3. The minimum absolute atomic E-state index is 0.0523. The van der Waals surface area contributed by atoms with E-state index < -0.39 is 94.8 Å². The van der Waals surface area contributed by atoms with Crippen LogP contribution in [-0.2, 0) is 38.3 Å². The SMILES string of the molecule is COC[C@H]1CCCN1C(=O)c1cc(C)cc(C(=O)N[C@@H](Cc2cc(F)cc(F)c2)[C@H](O)[C@H]2CN(Cc3ccccc3)CCN2C(=O)OC(C)(C)C)c1.COC[C@H]1CCCN1C(=O)c1cc(C)cc(C(=O)N[C@@H](Cc2cc(F)cc(F)c2)[C@H](O)[C@H]2CNCCN2C(=O)OC(C)(C)C)c1. The van der Waals surface area contributed by atoms with E-state index in [-0.39, 0.29) is 85.2 Å². The smallest absolute Gasteiger partial charge is 0.410 e. The number of likely N-dealkylation sites (tertiary alicyclic amines) is 2. The number of hydrogen-bond acceptors (Lipinski definition) is 14. The maximum absolute atomic E-state index is 14.4. The van der Waals surface area contributed by atoms with Crippen LogP contribution in [0.2, 0.25) is 0 Å². The first kappa shape index (κ1) is 74.8. The summed E-state index contributed by atoms with van der Waals surface area (Å²) in [7, 11) is 3.19. The molecule has 9 rings (SSSR count). The first-order valence-electron chi connectivity index (χ1n) is 33.1. The molecule has 526 valence electrons. The number of rotatable bonds is 20. The number of aliphatic hydroxyl groups excluding tert-OH is 2. The van der Waals surface area contributed by atoms with Gasteiger partial charge in [0.25, 0.3) is 23.6 Å². The number of aliphatic hydroxyl groups is 2. The lowest BCUT2D eigenvalue weighted by Crippen LogP contribution is -2.64. The Hall–Kier alpha value is -8.00. The highest BCUT2D eigenvalue weighted by Gasteiger charge is 2.43. The minimum atomic E-state index is -1.40. The molecule has 5 aromatic carbocycles. The molecule has 0 aliphatic carbocycles. The fraction of sp³-hybridized carbons (Fsp3) is 0.507. The van der Waals surface area contributed by atoms with Crippen LogP contribution in [0.15, 0.2) is 103 Å². The van der Waals surface area contributed by atoms with Gasteiger partial charge in [0, 0.05) is 108 Å². The molecule has 5 N–H and O–H groups in total. The number of halogens is 4. The zero-order valence-electron chi connectivity index (χ0n) is 57.2. The van der Waals surface area contributed by atoms with Crippen molar-refractivity contribution in [1.82, 2.24) is 40.4 Å². The molecule has 6 amide bonds. The molecule has 4 aliphatic heterocycles. The summed E-state index contributed by atoms with van der Waals surface area (Å²) in [6.07, 6.45) is -0.915. The van der Waals surface area contributed by atoms with Gasteiger partial charge in [0.15, 0.2) is 0 Å². The van der Waals surface area contributed by atoms with Gasteiger partial charge < -0.3 is 54.9 Å². The van der Waals surface area contributed by atoms with E-state index in [1.807, 2.05) is 30.3 Å². The molecule has 0 unspecified atom stereocenters. The fourth-order valence-corrected chi connectivity index (χ4v) is 13.1. The van der Waals surface area contributed by atoms with E-state index in [0.717, 1.165) is 67.6 Å². The van der Waals surface area contributed by atoms with Crippen molar-refractivity contribution in [2.45, 2.75) is 160 Å². The van der Waals surface area contributed by atoms with E-state index in [1.165, 1.54) is 21.9 Å². The van der Waals surface area contributed by atoms with Crippen molar-refractivity contribution < 1.29 is 75.5 Å². The Kier molecular flexibility index (Phi) is 25.8. The van der Waals surface area contributed by atoms with Gasteiger partial charge in [-0.3, -0.25) is 33.9 Å². The van der Waals surface area contributed by atoms with Crippen LogP contribution in [0.1, 0.15) is 136 Å². The van der Waals surface area contributed by atoms with Crippen LogP contribution in [0.5, 0.6) is 0 Å². The number of benzene rings is 5. The van der Waals surface area contributed by atoms with Crippen LogP contribution >= 0.6 is 0 Å². The molecule has 0 spiro atoms. The van der Waals surface area contributed by atoms with Crippen LogP contribution < -0.4 is 16.0 Å². The Balaban J connectivity index is 0.000000250. The Morgan fingerprint density at radius 1 is 0.536 bits per heavy atom. The highest BCUT2D eigenvalue weighted by molar-refractivity contribution is 6.01. The van der Waals surface area contributed by atoms with Crippen molar-refractivity contribution >= 4 is 35.8 Å². The number of ether oxygens (including phenoxy) is 4. The van der Waals surface area contributed by atoms with E-state index in [2.05, 4.69) is 20.9 Å². The molecule has 0 radical (unpaired) electrons. The van der Waals surface area contributed by atoms with Gasteiger partial charge in [-0.05, 0) is 182 Å². The molecule has 8 atom stereocenters. The standard InChI is InChI=1S/C40H50F2N4O6.C33H44F2N4O6/c1-26-16-29(21-30(17-26)38(49)45-13-9-12-33(45)25-51-5)37(48)43-34(20-28-18-31(41)22-32(42)19-28)36(47)35-24-44(23-27-10-7-6-8-11-27)14-15-46(35)39(50)52-40(2,3)4;1-20-11-22(16-23(12-20)31(42)38-9-6-7-26(38)19-44-5)30(41)37-27(15-21-13-24(34)17-25(35)14-21)29(40)28-18-36-8-10-39(28)32(43)45-33(2,3)4/h6-8,10-11,16-19,21-22,33-36,47H,9,12-15,20,23-25H2,1-5H3,(H,43,48);11-14,16-17,26-29,36,40H,6-10,15,18-19H2,1-5H3,(H,37,41)/t33-,34+,35-,36+;26-,27+,28-,29+/m11/s1. The number of piperazine rings is 2. The topological polar surface area (TPSA) is 232 Å². The van der Waals surface area contributed by atoms with Crippen molar-refractivity contribution in [3.8, 4) is 0 Å². The summed E-state index contributed by atoms with van der Waals surface area (Å²) in [5, 5.41) is 32.8. The molecule has 24 heteroatoms. The lowest BCUT2D eigenvalue weighted by molar-refractivity contribution is -0.0413. The molecular formula is C73H94F4N8O12. The van der Waals surface area contributed by atoms with Gasteiger partial charge in [-0.25, -0.2) is 27.2 Å². The van der Waals surface area contributed by atoms with Gasteiger partial charge in [0.05, 0.1) is 61.7 Å². The predicted octanol–water partition coefficient (Wildman–Crippen LogP) is 8.78. The summed E-state index contributed by atoms with van der Waals surface area (Å²) in [4.78, 5) is 90.1. The average molecular weight is 1350 g/mol. The molecule has 4 heterocycles. The first-order valence-corrected chi connectivity index (χ1v) is 33.1. The van der Waals surface area contributed by atoms with Gasteiger partial charge in [-0.15, -0.1) is 0 Å². The normalized spacial score (nSPS) is 19.7. The quantitative estimate of drug-likeness (QED) is 0.0459. The third-order valence-electron chi connectivity index (χ3n) is 17.5. The zero-order chi connectivity index (χ0) is 70.5.